The molecule has 0 radical (unpaired) electrons. The molecule has 148 valence electrons. The lowest BCUT2D eigenvalue weighted by Gasteiger charge is -2.15. The number of hydrogen-bond donors (Lipinski definition) is 1. The Morgan fingerprint density at radius 2 is 1.76 bits per heavy atom. The maximum absolute atomic E-state index is 12.1. The van der Waals surface area contributed by atoms with Crippen molar-refractivity contribution in [3.63, 3.8) is 0 Å². The van der Waals surface area contributed by atoms with Crippen LogP contribution >= 0.6 is 0 Å². The van der Waals surface area contributed by atoms with Crippen molar-refractivity contribution in [3.8, 4) is 34.4 Å². The summed E-state index contributed by atoms with van der Waals surface area (Å²) in [6.07, 6.45) is 0. The number of methoxy groups -OCH3 is 1. The van der Waals surface area contributed by atoms with E-state index in [0.717, 1.165) is 11.1 Å². The van der Waals surface area contributed by atoms with Crippen molar-refractivity contribution in [2.75, 3.05) is 13.7 Å². The van der Waals surface area contributed by atoms with E-state index in [4.69, 9.17) is 14.2 Å². The van der Waals surface area contributed by atoms with Crippen LogP contribution in [0.25, 0.3) is 11.1 Å². The number of aromatic amines is 1. The molecule has 0 bridgehead atoms. The largest absolute Gasteiger partial charge is 0.496 e. The van der Waals surface area contributed by atoms with E-state index >= 15 is 0 Å². The third-order valence-electron chi connectivity index (χ3n) is 4.40. The SMILES string of the molecule is CCOc1ccccc1OCc1cc(-c2cc(C)[nH]c(=O)c2C#N)ccc1OC. The molecule has 0 spiro atoms. The van der Waals surface area contributed by atoms with Crippen LogP contribution < -0.4 is 19.8 Å². The molecule has 6 heteroatoms. The molecule has 2 aromatic carbocycles. The standard InChI is InChI=1S/C23H22N2O4/c1-4-28-21-7-5-6-8-22(21)29-14-17-12-16(9-10-20(17)27-3)18-11-15(2)25-23(26)19(18)13-24/h5-12H,4,14H2,1-3H3,(H,25,26). The van der Waals surface area contributed by atoms with Gasteiger partial charge in [0.2, 0.25) is 0 Å². The van der Waals surface area contributed by atoms with E-state index in [1.807, 2.05) is 49.4 Å². The zero-order chi connectivity index (χ0) is 20.8. The third-order valence-corrected chi connectivity index (χ3v) is 4.40. The molecule has 0 atom stereocenters. The number of nitriles is 1. The average molecular weight is 390 g/mol. The molecule has 0 saturated carbocycles. The highest BCUT2D eigenvalue weighted by molar-refractivity contribution is 5.71. The molecule has 0 fully saturated rings. The summed E-state index contributed by atoms with van der Waals surface area (Å²) in [5.74, 6) is 1.95. The van der Waals surface area contributed by atoms with Crippen molar-refractivity contribution >= 4 is 0 Å². The van der Waals surface area contributed by atoms with Crippen LogP contribution in [0.5, 0.6) is 17.2 Å². The third kappa shape index (κ3) is 4.41. The maximum atomic E-state index is 12.1. The highest BCUT2D eigenvalue weighted by Gasteiger charge is 2.14. The second-order valence-corrected chi connectivity index (χ2v) is 6.38. The number of para-hydroxylation sites is 2. The quantitative estimate of drug-likeness (QED) is 0.653. The lowest BCUT2D eigenvalue weighted by atomic mass is 9.99. The number of pyridine rings is 1. The first-order valence-electron chi connectivity index (χ1n) is 9.23. The van der Waals surface area contributed by atoms with E-state index in [1.165, 1.54) is 0 Å². The minimum absolute atomic E-state index is 0.0781. The molecule has 0 aliphatic rings. The Kier molecular flexibility index (Phi) is 6.20. The highest BCUT2D eigenvalue weighted by Crippen LogP contribution is 2.31. The summed E-state index contributed by atoms with van der Waals surface area (Å²) in [7, 11) is 1.59. The van der Waals surface area contributed by atoms with Gasteiger partial charge in [-0.15, -0.1) is 0 Å². The minimum atomic E-state index is -0.401. The van der Waals surface area contributed by atoms with Gasteiger partial charge < -0.3 is 19.2 Å². The highest BCUT2D eigenvalue weighted by atomic mass is 16.5. The number of H-pyrrole nitrogens is 1. The molecule has 3 aromatic rings. The summed E-state index contributed by atoms with van der Waals surface area (Å²) < 4.78 is 17.0. The van der Waals surface area contributed by atoms with Gasteiger partial charge in [0.05, 0.1) is 13.7 Å². The lowest BCUT2D eigenvalue weighted by Crippen LogP contribution is -2.12. The molecule has 0 aliphatic carbocycles. The van der Waals surface area contributed by atoms with Crippen LogP contribution in [-0.4, -0.2) is 18.7 Å². The van der Waals surface area contributed by atoms with Crippen LogP contribution in [-0.2, 0) is 6.61 Å². The van der Waals surface area contributed by atoms with E-state index in [-0.39, 0.29) is 12.2 Å². The monoisotopic (exact) mass is 390 g/mol. The van der Waals surface area contributed by atoms with Crippen LogP contribution in [0, 0.1) is 18.3 Å². The Bertz CT molecular complexity index is 1110. The Morgan fingerprint density at radius 1 is 1.03 bits per heavy atom. The Labute approximate surface area is 169 Å². The zero-order valence-electron chi connectivity index (χ0n) is 16.6. The summed E-state index contributed by atoms with van der Waals surface area (Å²) in [5.41, 5.74) is 2.47. The number of ether oxygens (including phenoxy) is 3. The molecule has 29 heavy (non-hydrogen) atoms. The van der Waals surface area contributed by atoms with E-state index in [0.29, 0.717) is 35.1 Å². The molecule has 1 N–H and O–H groups in total. The number of nitrogens with zero attached hydrogens (tertiary/aromatic N) is 1. The summed E-state index contributed by atoms with van der Waals surface area (Å²) in [4.78, 5) is 14.8. The second-order valence-electron chi connectivity index (χ2n) is 6.38. The molecular weight excluding hydrogens is 368 g/mol. The van der Waals surface area contributed by atoms with Crippen LogP contribution in [0.1, 0.15) is 23.7 Å². The van der Waals surface area contributed by atoms with E-state index in [2.05, 4.69) is 4.98 Å². The molecule has 0 aliphatic heterocycles. The fourth-order valence-electron chi connectivity index (χ4n) is 3.09. The average Bonchev–Trinajstić information content (AvgIpc) is 2.72. The van der Waals surface area contributed by atoms with E-state index in [1.54, 1.807) is 26.2 Å². The van der Waals surface area contributed by atoms with Gasteiger partial charge in [-0.3, -0.25) is 4.79 Å². The number of hydrogen-bond acceptors (Lipinski definition) is 5. The lowest BCUT2D eigenvalue weighted by molar-refractivity contribution is 0.265. The van der Waals surface area contributed by atoms with Gasteiger partial charge in [0.25, 0.3) is 5.56 Å². The summed E-state index contributed by atoms with van der Waals surface area (Å²) in [6.45, 7) is 4.48. The van der Waals surface area contributed by atoms with Crippen molar-refractivity contribution in [1.82, 2.24) is 4.98 Å². The summed E-state index contributed by atoms with van der Waals surface area (Å²) >= 11 is 0. The Hall–Kier alpha value is -3.72. The molecule has 0 unspecified atom stereocenters. The molecule has 3 rings (SSSR count). The predicted octanol–water partition coefficient (Wildman–Crippen LogP) is 4.21. The van der Waals surface area contributed by atoms with Gasteiger partial charge in [0, 0.05) is 16.8 Å². The molecule has 0 saturated heterocycles. The van der Waals surface area contributed by atoms with Crippen LogP contribution in [0.3, 0.4) is 0 Å². The van der Waals surface area contributed by atoms with Gasteiger partial charge in [-0.25, -0.2) is 0 Å². The molecule has 1 heterocycles. The number of aromatic nitrogens is 1. The second kappa shape index (κ2) is 8.98. The van der Waals surface area contributed by atoms with Crippen molar-refractivity contribution in [3.05, 3.63) is 75.7 Å². The minimum Gasteiger partial charge on any atom is -0.496 e. The van der Waals surface area contributed by atoms with Crippen molar-refractivity contribution in [1.29, 1.82) is 5.26 Å². The van der Waals surface area contributed by atoms with Gasteiger partial charge in [-0.1, -0.05) is 18.2 Å². The predicted molar refractivity (Wildman–Crippen MR) is 110 cm³/mol. The van der Waals surface area contributed by atoms with Gasteiger partial charge in [0.1, 0.15) is 24.0 Å². The number of rotatable bonds is 7. The zero-order valence-corrected chi connectivity index (χ0v) is 16.6. The first-order chi connectivity index (χ1) is 14.1. The van der Waals surface area contributed by atoms with Gasteiger partial charge in [0.15, 0.2) is 11.5 Å². The first-order valence-corrected chi connectivity index (χ1v) is 9.23. The van der Waals surface area contributed by atoms with E-state index in [9.17, 15) is 10.1 Å². The number of nitrogens with one attached hydrogen (secondary N) is 1. The number of benzene rings is 2. The van der Waals surface area contributed by atoms with E-state index < -0.39 is 5.56 Å². The van der Waals surface area contributed by atoms with Crippen molar-refractivity contribution in [2.24, 2.45) is 0 Å². The fraction of sp³-hybridized carbons (Fsp3) is 0.217. The van der Waals surface area contributed by atoms with Crippen molar-refractivity contribution < 1.29 is 14.2 Å². The van der Waals surface area contributed by atoms with Gasteiger partial charge >= 0.3 is 0 Å². The summed E-state index contributed by atoms with van der Waals surface area (Å²) in [6, 6.07) is 16.7. The summed E-state index contributed by atoms with van der Waals surface area (Å²) in [5, 5.41) is 9.42. The Morgan fingerprint density at radius 3 is 2.41 bits per heavy atom. The maximum Gasteiger partial charge on any atom is 0.266 e. The van der Waals surface area contributed by atoms with Crippen LogP contribution in [0.15, 0.2) is 53.3 Å². The van der Waals surface area contributed by atoms with Gasteiger partial charge in [-0.05, 0) is 49.7 Å². The smallest absolute Gasteiger partial charge is 0.266 e. The molecule has 0 amide bonds. The molecule has 6 nitrogen and oxygen atoms in total. The Balaban J connectivity index is 1.98. The molecule has 1 aromatic heterocycles. The van der Waals surface area contributed by atoms with Gasteiger partial charge in [-0.2, -0.15) is 5.26 Å². The topological polar surface area (TPSA) is 84.3 Å². The fourth-order valence-corrected chi connectivity index (χ4v) is 3.09. The molecular formula is C23H22N2O4. The van der Waals surface area contributed by atoms with Crippen LogP contribution in [0.4, 0.5) is 0 Å². The van der Waals surface area contributed by atoms with Crippen LogP contribution in [0.2, 0.25) is 0 Å². The first kappa shape index (κ1) is 20.0. The van der Waals surface area contributed by atoms with Crippen molar-refractivity contribution in [2.45, 2.75) is 20.5 Å². The number of aryl methyl sites for hydroxylation is 1. The normalized spacial score (nSPS) is 10.3.